The zero-order valence-corrected chi connectivity index (χ0v) is 10.5. The normalized spacial score (nSPS) is 22.4. The number of carbonyl (C=O) groups excluding carboxylic acids is 1. The number of hydrogen-bond donors (Lipinski definition) is 2. The Morgan fingerprint density at radius 1 is 1.44 bits per heavy atom. The summed E-state index contributed by atoms with van der Waals surface area (Å²) >= 11 is 0. The molecule has 0 radical (unpaired) electrons. The number of benzene rings is 1. The third kappa shape index (κ3) is 1.92. The van der Waals surface area contributed by atoms with Crippen LogP contribution in [0.1, 0.15) is 18.4 Å². The third-order valence-electron chi connectivity index (χ3n) is 4.00. The van der Waals surface area contributed by atoms with Gasteiger partial charge in [-0.25, -0.2) is 0 Å². The van der Waals surface area contributed by atoms with Gasteiger partial charge in [0.05, 0.1) is 5.92 Å². The molecule has 4 heteroatoms. The van der Waals surface area contributed by atoms with Crippen molar-refractivity contribution in [3.8, 4) is 0 Å². The molecule has 1 unspecified atom stereocenters. The van der Waals surface area contributed by atoms with Gasteiger partial charge in [-0.3, -0.25) is 4.79 Å². The summed E-state index contributed by atoms with van der Waals surface area (Å²) in [6, 6.07) is 6.39. The lowest BCUT2D eigenvalue weighted by molar-refractivity contribution is -0.121. The van der Waals surface area contributed by atoms with Gasteiger partial charge in [0.1, 0.15) is 0 Å². The van der Waals surface area contributed by atoms with E-state index in [0.29, 0.717) is 0 Å². The van der Waals surface area contributed by atoms with Gasteiger partial charge in [-0.15, -0.1) is 0 Å². The van der Waals surface area contributed by atoms with E-state index in [1.165, 1.54) is 23.4 Å². The predicted molar refractivity (Wildman–Crippen MR) is 72.8 cm³/mol. The topological polar surface area (TPSA) is 58.4 Å². The monoisotopic (exact) mass is 245 g/mol. The average Bonchev–Trinajstić information content (AvgIpc) is 2.87. The van der Waals surface area contributed by atoms with E-state index in [1.807, 2.05) is 0 Å². The molecular weight excluding hydrogens is 226 g/mol. The fourth-order valence-corrected chi connectivity index (χ4v) is 3.00. The van der Waals surface area contributed by atoms with Crippen LogP contribution in [0.25, 0.3) is 0 Å². The van der Waals surface area contributed by atoms with Crippen molar-refractivity contribution in [1.82, 2.24) is 0 Å². The summed E-state index contributed by atoms with van der Waals surface area (Å²) in [5.74, 6) is -0.155. The fourth-order valence-electron chi connectivity index (χ4n) is 3.00. The van der Waals surface area contributed by atoms with E-state index >= 15 is 0 Å². The van der Waals surface area contributed by atoms with Crippen LogP contribution >= 0.6 is 0 Å². The van der Waals surface area contributed by atoms with E-state index in [-0.39, 0.29) is 11.8 Å². The minimum Gasteiger partial charge on any atom is -0.385 e. The van der Waals surface area contributed by atoms with E-state index in [2.05, 4.69) is 28.4 Å². The van der Waals surface area contributed by atoms with Crippen molar-refractivity contribution in [2.24, 2.45) is 11.7 Å². The molecule has 2 heterocycles. The van der Waals surface area contributed by atoms with Gasteiger partial charge in [-0.05, 0) is 37.0 Å². The number of nitrogens with one attached hydrogen (secondary N) is 1. The van der Waals surface area contributed by atoms with Crippen molar-refractivity contribution in [2.45, 2.75) is 19.3 Å². The summed E-state index contributed by atoms with van der Waals surface area (Å²) in [6.07, 6.45) is 3.18. The molecule has 0 saturated carbocycles. The van der Waals surface area contributed by atoms with Crippen LogP contribution in [0.3, 0.4) is 0 Å². The number of primary amides is 1. The molecule has 0 aliphatic carbocycles. The van der Waals surface area contributed by atoms with E-state index < -0.39 is 0 Å². The summed E-state index contributed by atoms with van der Waals surface area (Å²) in [7, 11) is 0. The summed E-state index contributed by atoms with van der Waals surface area (Å²) in [6.45, 7) is 2.76. The van der Waals surface area contributed by atoms with E-state index in [9.17, 15) is 4.79 Å². The Balaban J connectivity index is 1.87. The lowest BCUT2D eigenvalue weighted by atomic mass is 10.0. The van der Waals surface area contributed by atoms with Gasteiger partial charge in [-0.1, -0.05) is 6.07 Å². The molecule has 3 rings (SSSR count). The molecule has 2 aliphatic heterocycles. The largest absolute Gasteiger partial charge is 0.385 e. The summed E-state index contributed by atoms with van der Waals surface area (Å²) < 4.78 is 0. The van der Waals surface area contributed by atoms with Gasteiger partial charge in [-0.2, -0.15) is 0 Å². The highest BCUT2D eigenvalue weighted by atomic mass is 16.1. The summed E-state index contributed by atoms with van der Waals surface area (Å²) in [5, 5.41) is 3.44. The van der Waals surface area contributed by atoms with Gasteiger partial charge in [0.2, 0.25) is 5.91 Å². The molecule has 2 aliphatic rings. The molecule has 4 nitrogen and oxygen atoms in total. The first-order chi connectivity index (χ1) is 8.75. The van der Waals surface area contributed by atoms with Crippen LogP contribution in [0.4, 0.5) is 11.4 Å². The Hall–Kier alpha value is -1.71. The quantitative estimate of drug-likeness (QED) is 0.827. The van der Waals surface area contributed by atoms with E-state index in [0.717, 1.165) is 32.5 Å². The molecule has 0 spiro atoms. The molecule has 0 bridgehead atoms. The Morgan fingerprint density at radius 2 is 2.33 bits per heavy atom. The van der Waals surface area contributed by atoms with Crippen LogP contribution in [-0.4, -0.2) is 25.5 Å². The van der Waals surface area contributed by atoms with Crippen molar-refractivity contribution in [3.05, 3.63) is 23.8 Å². The first-order valence-corrected chi connectivity index (χ1v) is 6.66. The number of hydrogen-bond acceptors (Lipinski definition) is 3. The third-order valence-corrected chi connectivity index (χ3v) is 4.00. The summed E-state index contributed by atoms with van der Waals surface area (Å²) in [4.78, 5) is 13.6. The standard InChI is InChI=1S/C14H19N3O/c15-14(18)10-6-8-17(9-10)13-5-1-4-12-11(13)3-2-7-16-12/h1,4-5,10,16H,2-3,6-9H2,(H2,15,18). The Labute approximate surface area is 107 Å². The molecule has 1 aromatic carbocycles. The van der Waals surface area contributed by atoms with Gasteiger partial charge >= 0.3 is 0 Å². The van der Waals surface area contributed by atoms with E-state index in [1.54, 1.807) is 0 Å². The molecule has 0 aromatic heterocycles. The molecule has 18 heavy (non-hydrogen) atoms. The molecule has 96 valence electrons. The van der Waals surface area contributed by atoms with Crippen molar-refractivity contribution in [3.63, 3.8) is 0 Å². The number of nitrogens with zero attached hydrogens (tertiary/aromatic N) is 1. The van der Waals surface area contributed by atoms with Crippen LogP contribution in [-0.2, 0) is 11.2 Å². The van der Waals surface area contributed by atoms with Crippen molar-refractivity contribution >= 4 is 17.3 Å². The van der Waals surface area contributed by atoms with Gasteiger partial charge in [0.15, 0.2) is 0 Å². The zero-order valence-electron chi connectivity index (χ0n) is 10.5. The first-order valence-electron chi connectivity index (χ1n) is 6.66. The smallest absolute Gasteiger partial charge is 0.222 e. The van der Waals surface area contributed by atoms with Gasteiger partial charge in [0, 0.05) is 31.0 Å². The fraction of sp³-hybridized carbons (Fsp3) is 0.500. The first kappa shape index (κ1) is 11.4. The molecule has 1 fully saturated rings. The van der Waals surface area contributed by atoms with Crippen molar-refractivity contribution < 1.29 is 4.79 Å². The molecule has 1 saturated heterocycles. The molecule has 1 aromatic rings. The predicted octanol–water partition coefficient (Wildman–Crippen LogP) is 1.36. The highest BCUT2D eigenvalue weighted by Crippen LogP contribution is 2.34. The van der Waals surface area contributed by atoms with E-state index in [4.69, 9.17) is 5.73 Å². The number of anilines is 2. The summed E-state index contributed by atoms with van der Waals surface area (Å²) in [5.41, 5.74) is 9.33. The number of carbonyl (C=O) groups is 1. The van der Waals surface area contributed by atoms with Crippen LogP contribution in [0.2, 0.25) is 0 Å². The maximum atomic E-state index is 11.3. The Morgan fingerprint density at radius 3 is 3.11 bits per heavy atom. The Bertz CT molecular complexity index is 472. The SMILES string of the molecule is NC(=O)C1CCN(c2cccc3c2CCCN3)C1. The number of rotatable bonds is 2. The molecule has 1 amide bonds. The van der Waals surface area contributed by atoms with Crippen LogP contribution < -0.4 is 16.0 Å². The average molecular weight is 245 g/mol. The zero-order chi connectivity index (χ0) is 12.5. The molecule has 3 N–H and O–H groups in total. The van der Waals surface area contributed by atoms with Gasteiger partial charge < -0.3 is 16.0 Å². The van der Waals surface area contributed by atoms with Crippen LogP contribution in [0.5, 0.6) is 0 Å². The van der Waals surface area contributed by atoms with Crippen molar-refractivity contribution in [1.29, 1.82) is 0 Å². The minimum atomic E-state index is -0.166. The highest BCUT2D eigenvalue weighted by molar-refractivity contribution is 5.79. The number of nitrogens with two attached hydrogens (primary N) is 1. The minimum absolute atomic E-state index is 0.0115. The van der Waals surface area contributed by atoms with Crippen molar-refractivity contribution in [2.75, 3.05) is 29.9 Å². The number of fused-ring (bicyclic) bond motifs is 1. The van der Waals surface area contributed by atoms with Gasteiger partial charge in [0.25, 0.3) is 0 Å². The second-order valence-corrected chi connectivity index (χ2v) is 5.17. The maximum absolute atomic E-state index is 11.3. The maximum Gasteiger partial charge on any atom is 0.222 e. The lowest BCUT2D eigenvalue weighted by Crippen LogP contribution is -2.28. The second-order valence-electron chi connectivity index (χ2n) is 5.17. The van der Waals surface area contributed by atoms with Crippen LogP contribution in [0, 0.1) is 5.92 Å². The highest BCUT2D eigenvalue weighted by Gasteiger charge is 2.28. The second kappa shape index (κ2) is 4.52. The Kier molecular flexibility index (Phi) is 2.86. The van der Waals surface area contributed by atoms with Crippen LogP contribution in [0.15, 0.2) is 18.2 Å². The molecular formula is C14H19N3O. The lowest BCUT2D eigenvalue weighted by Gasteiger charge is -2.26. The number of amides is 1. The molecule has 1 atom stereocenters.